The molecule has 21 heavy (non-hydrogen) atoms. The fraction of sp³-hybridized carbons (Fsp3) is 0.600. The number of rotatable bonds is 5. The largest absolute Gasteiger partial charge is 0.366 e. The summed E-state index contributed by atoms with van der Waals surface area (Å²) in [6, 6.07) is 4.25. The van der Waals surface area contributed by atoms with Crippen LogP contribution in [0.2, 0.25) is 0 Å². The molecule has 0 aromatic heterocycles. The van der Waals surface area contributed by atoms with Gasteiger partial charge in [0, 0.05) is 19.1 Å². The van der Waals surface area contributed by atoms with Crippen LogP contribution in [-0.2, 0) is 0 Å². The van der Waals surface area contributed by atoms with Crippen molar-refractivity contribution >= 4 is 11.4 Å². The van der Waals surface area contributed by atoms with Crippen molar-refractivity contribution in [3.8, 4) is 0 Å². The summed E-state index contributed by atoms with van der Waals surface area (Å²) in [4.78, 5) is 12.6. The van der Waals surface area contributed by atoms with Crippen molar-refractivity contribution in [2.75, 3.05) is 24.5 Å². The van der Waals surface area contributed by atoms with Gasteiger partial charge in [-0.2, -0.15) is 0 Å². The highest BCUT2D eigenvalue weighted by molar-refractivity contribution is 5.63. The van der Waals surface area contributed by atoms with Crippen LogP contribution >= 0.6 is 0 Å². The molecule has 0 bridgehead atoms. The van der Waals surface area contributed by atoms with Crippen molar-refractivity contribution in [2.24, 2.45) is 5.92 Å². The van der Waals surface area contributed by atoms with Crippen LogP contribution in [0, 0.1) is 21.8 Å². The van der Waals surface area contributed by atoms with Gasteiger partial charge in [-0.15, -0.1) is 0 Å². The zero-order valence-corrected chi connectivity index (χ0v) is 12.5. The van der Waals surface area contributed by atoms with E-state index in [1.807, 2.05) is 4.90 Å². The van der Waals surface area contributed by atoms with Gasteiger partial charge in [0.25, 0.3) is 5.69 Å². The number of nitrogens with zero attached hydrogens (tertiary/aromatic N) is 2. The first-order chi connectivity index (χ1) is 9.97. The Balaban J connectivity index is 2.12. The number of hydrogen-bond acceptors (Lipinski definition) is 4. The maximum atomic E-state index is 13.2. The minimum atomic E-state index is -0.569. The van der Waals surface area contributed by atoms with Crippen LogP contribution in [0.3, 0.4) is 0 Å². The van der Waals surface area contributed by atoms with Gasteiger partial charge < -0.3 is 10.2 Å². The molecule has 1 heterocycles. The number of nitrogens with one attached hydrogen (secondary N) is 1. The number of piperidine rings is 1. The van der Waals surface area contributed by atoms with E-state index in [0.717, 1.165) is 38.5 Å². The summed E-state index contributed by atoms with van der Waals surface area (Å²) in [6.45, 7) is 6.66. The third-order valence-electron chi connectivity index (χ3n) is 3.81. The highest BCUT2D eigenvalue weighted by Crippen LogP contribution is 2.32. The van der Waals surface area contributed by atoms with Crippen LogP contribution in [-0.4, -0.2) is 30.6 Å². The molecule has 0 saturated carbocycles. The smallest absolute Gasteiger partial charge is 0.295 e. The van der Waals surface area contributed by atoms with Gasteiger partial charge >= 0.3 is 0 Å². The van der Waals surface area contributed by atoms with Crippen molar-refractivity contribution < 1.29 is 9.31 Å². The summed E-state index contributed by atoms with van der Waals surface area (Å²) in [6.07, 6.45) is 2.12. The average Bonchev–Trinajstić information content (AvgIpc) is 2.45. The standard InChI is InChI=1S/C15H22FN3O2/c1-11(2)17-9-12-4-3-7-18(10-12)14-6-5-13(16)8-15(14)19(20)21/h5-6,8,11-12,17H,3-4,7,9-10H2,1-2H3. The number of nitro groups is 1. The lowest BCUT2D eigenvalue weighted by atomic mass is 9.97. The second-order valence-corrected chi connectivity index (χ2v) is 5.91. The number of hydrogen-bond donors (Lipinski definition) is 1. The minimum Gasteiger partial charge on any atom is -0.366 e. The van der Waals surface area contributed by atoms with E-state index in [0.29, 0.717) is 17.6 Å². The molecule has 5 nitrogen and oxygen atoms in total. The van der Waals surface area contributed by atoms with Crippen molar-refractivity contribution in [2.45, 2.75) is 32.7 Å². The molecule has 1 aliphatic heterocycles. The molecular weight excluding hydrogens is 273 g/mol. The second-order valence-electron chi connectivity index (χ2n) is 5.91. The van der Waals surface area contributed by atoms with Crippen LogP contribution in [0.4, 0.5) is 15.8 Å². The Morgan fingerprint density at radius 1 is 1.52 bits per heavy atom. The van der Waals surface area contributed by atoms with E-state index in [-0.39, 0.29) is 5.69 Å². The molecule has 1 aliphatic rings. The van der Waals surface area contributed by atoms with E-state index >= 15 is 0 Å². The molecule has 0 amide bonds. The Labute approximate surface area is 124 Å². The van der Waals surface area contributed by atoms with Gasteiger partial charge in [-0.25, -0.2) is 4.39 Å². The highest BCUT2D eigenvalue weighted by Gasteiger charge is 2.25. The molecule has 0 radical (unpaired) electrons. The van der Waals surface area contributed by atoms with Crippen LogP contribution in [0.5, 0.6) is 0 Å². The van der Waals surface area contributed by atoms with Gasteiger partial charge in [0.15, 0.2) is 0 Å². The number of benzene rings is 1. The third kappa shape index (κ3) is 4.14. The predicted octanol–water partition coefficient (Wildman–Crippen LogP) is 2.95. The molecule has 1 fully saturated rings. The van der Waals surface area contributed by atoms with E-state index in [2.05, 4.69) is 19.2 Å². The summed E-state index contributed by atoms with van der Waals surface area (Å²) in [5.74, 6) is -0.105. The lowest BCUT2D eigenvalue weighted by Gasteiger charge is -2.34. The van der Waals surface area contributed by atoms with Crippen LogP contribution in [0.25, 0.3) is 0 Å². The molecular formula is C15H22FN3O2. The van der Waals surface area contributed by atoms with Crippen LogP contribution in [0.15, 0.2) is 18.2 Å². The van der Waals surface area contributed by atoms with E-state index in [1.165, 1.54) is 12.1 Å². The number of halogens is 1. The molecule has 1 aromatic carbocycles. The molecule has 1 unspecified atom stereocenters. The third-order valence-corrected chi connectivity index (χ3v) is 3.81. The first kappa shape index (κ1) is 15.7. The fourth-order valence-electron chi connectivity index (χ4n) is 2.76. The summed E-state index contributed by atoms with van der Waals surface area (Å²) < 4.78 is 13.2. The average molecular weight is 295 g/mol. The molecule has 1 N–H and O–H groups in total. The topological polar surface area (TPSA) is 58.4 Å². The maximum absolute atomic E-state index is 13.2. The van der Waals surface area contributed by atoms with E-state index in [4.69, 9.17) is 0 Å². The van der Waals surface area contributed by atoms with Gasteiger partial charge in [0.1, 0.15) is 11.5 Å². The van der Waals surface area contributed by atoms with E-state index in [1.54, 1.807) is 0 Å². The molecule has 1 atom stereocenters. The second kappa shape index (κ2) is 6.85. The number of anilines is 1. The van der Waals surface area contributed by atoms with Gasteiger partial charge in [-0.1, -0.05) is 13.8 Å². The van der Waals surface area contributed by atoms with Gasteiger partial charge in [0.05, 0.1) is 11.0 Å². The molecule has 0 spiro atoms. The van der Waals surface area contributed by atoms with Crippen molar-refractivity contribution in [3.05, 3.63) is 34.1 Å². The van der Waals surface area contributed by atoms with Gasteiger partial charge in [-0.3, -0.25) is 10.1 Å². The lowest BCUT2D eigenvalue weighted by molar-refractivity contribution is -0.384. The van der Waals surface area contributed by atoms with Crippen molar-refractivity contribution in [1.82, 2.24) is 5.32 Å². The first-order valence-corrected chi connectivity index (χ1v) is 7.39. The summed E-state index contributed by atoms with van der Waals surface area (Å²) in [5.41, 5.74) is 0.378. The molecule has 1 saturated heterocycles. The molecule has 0 aliphatic carbocycles. The van der Waals surface area contributed by atoms with Crippen LogP contribution in [0.1, 0.15) is 26.7 Å². The monoisotopic (exact) mass is 295 g/mol. The summed E-state index contributed by atoms with van der Waals surface area (Å²) >= 11 is 0. The normalized spacial score (nSPS) is 19.0. The Morgan fingerprint density at radius 3 is 2.95 bits per heavy atom. The van der Waals surface area contributed by atoms with Crippen molar-refractivity contribution in [1.29, 1.82) is 0 Å². The Morgan fingerprint density at radius 2 is 2.29 bits per heavy atom. The van der Waals surface area contributed by atoms with Gasteiger partial charge in [0.2, 0.25) is 0 Å². The Kier molecular flexibility index (Phi) is 5.12. The quantitative estimate of drug-likeness (QED) is 0.670. The van der Waals surface area contributed by atoms with Crippen LogP contribution < -0.4 is 10.2 Å². The van der Waals surface area contributed by atoms with Gasteiger partial charge in [-0.05, 0) is 37.4 Å². The minimum absolute atomic E-state index is 0.146. The SMILES string of the molecule is CC(C)NCC1CCCN(c2ccc(F)cc2[N+](=O)[O-])C1. The zero-order valence-electron chi connectivity index (χ0n) is 12.5. The lowest BCUT2D eigenvalue weighted by Crippen LogP contribution is -2.41. The summed E-state index contributed by atoms with van der Waals surface area (Å²) in [5, 5.41) is 14.5. The van der Waals surface area contributed by atoms with Crippen molar-refractivity contribution in [3.63, 3.8) is 0 Å². The fourth-order valence-corrected chi connectivity index (χ4v) is 2.76. The first-order valence-electron chi connectivity index (χ1n) is 7.39. The number of nitro benzene ring substituents is 1. The van der Waals surface area contributed by atoms with E-state index < -0.39 is 10.7 Å². The summed E-state index contributed by atoms with van der Waals surface area (Å²) in [7, 11) is 0. The Hall–Kier alpha value is -1.69. The molecule has 116 valence electrons. The molecule has 6 heteroatoms. The zero-order chi connectivity index (χ0) is 15.4. The Bertz CT molecular complexity index is 508. The molecule has 2 rings (SSSR count). The highest BCUT2D eigenvalue weighted by atomic mass is 19.1. The predicted molar refractivity (Wildman–Crippen MR) is 81.1 cm³/mol. The maximum Gasteiger partial charge on any atom is 0.295 e. The molecule has 1 aromatic rings. The van der Waals surface area contributed by atoms with E-state index in [9.17, 15) is 14.5 Å².